The van der Waals surface area contributed by atoms with Crippen molar-refractivity contribution in [3.8, 4) is 0 Å². The van der Waals surface area contributed by atoms with Crippen LogP contribution in [0.5, 0.6) is 0 Å². The number of carbonyl (C=O) groups is 1. The van der Waals surface area contributed by atoms with E-state index in [9.17, 15) is 9.59 Å². The second kappa shape index (κ2) is 7.54. The molecule has 1 N–H and O–H groups in total. The predicted octanol–water partition coefficient (Wildman–Crippen LogP) is 4.20. The van der Waals surface area contributed by atoms with Crippen LogP contribution in [0.25, 0.3) is 0 Å². The van der Waals surface area contributed by atoms with Crippen LogP contribution < -0.4 is 10.9 Å². The summed E-state index contributed by atoms with van der Waals surface area (Å²) in [6, 6.07) is 15.8. The smallest absolute Gasteiger partial charge is 0.291 e. The Kier molecular flexibility index (Phi) is 5.19. The summed E-state index contributed by atoms with van der Waals surface area (Å²) in [5, 5.41) is 7.88. The summed E-state index contributed by atoms with van der Waals surface area (Å²) < 4.78 is 1.34. The summed E-state index contributed by atoms with van der Waals surface area (Å²) in [5.41, 5.74) is 1.74. The molecule has 1 heterocycles. The number of nitrogens with zero attached hydrogens (tertiary/aromatic N) is 2. The Morgan fingerprint density at radius 3 is 2.54 bits per heavy atom. The van der Waals surface area contributed by atoms with Gasteiger partial charge in [-0.05, 0) is 32.0 Å². The first-order valence-corrected chi connectivity index (χ1v) is 8.63. The summed E-state index contributed by atoms with van der Waals surface area (Å²) in [7, 11) is 0. The zero-order valence-corrected chi connectivity index (χ0v) is 15.2. The van der Waals surface area contributed by atoms with Crippen LogP contribution in [0, 0.1) is 6.92 Å². The van der Waals surface area contributed by atoms with Crippen molar-refractivity contribution in [3.63, 3.8) is 0 Å². The number of aryl methyl sites for hydroxylation is 2. The molecule has 0 radical (unpaired) electrons. The number of rotatable bonds is 5. The Hall–Kier alpha value is -2.92. The van der Waals surface area contributed by atoms with Crippen molar-refractivity contribution in [2.24, 2.45) is 0 Å². The molecule has 0 unspecified atom stereocenters. The normalized spacial score (nSPS) is 10.6. The number of aromatic nitrogens is 2. The van der Waals surface area contributed by atoms with E-state index in [1.807, 2.05) is 13.0 Å². The monoisotopic (exact) mass is 367 g/mol. The SMILES string of the molecule is CCn1nc(C)c(C(=O)c2ccccc2)c(Nc2cccc(Cl)c2)c1=O. The highest BCUT2D eigenvalue weighted by atomic mass is 35.5. The van der Waals surface area contributed by atoms with Gasteiger partial charge in [-0.2, -0.15) is 5.10 Å². The van der Waals surface area contributed by atoms with Crippen molar-refractivity contribution < 1.29 is 4.79 Å². The number of nitrogens with one attached hydrogen (secondary N) is 1. The van der Waals surface area contributed by atoms with Crippen molar-refractivity contribution in [1.29, 1.82) is 0 Å². The van der Waals surface area contributed by atoms with Crippen LogP contribution in [0.1, 0.15) is 28.5 Å². The quantitative estimate of drug-likeness (QED) is 0.686. The molecule has 5 nitrogen and oxygen atoms in total. The number of halogens is 1. The minimum atomic E-state index is -0.350. The Morgan fingerprint density at radius 2 is 1.88 bits per heavy atom. The first-order valence-electron chi connectivity index (χ1n) is 8.25. The molecule has 0 aliphatic rings. The van der Waals surface area contributed by atoms with Crippen LogP contribution in [0.2, 0.25) is 5.02 Å². The van der Waals surface area contributed by atoms with Crippen LogP contribution in [-0.4, -0.2) is 15.6 Å². The maximum absolute atomic E-state index is 13.0. The molecule has 132 valence electrons. The number of anilines is 2. The van der Waals surface area contributed by atoms with E-state index in [-0.39, 0.29) is 22.6 Å². The van der Waals surface area contributed by atoms with Gasteiger partial charge in [-0.1, -0.05) is 48.0 Å². The fourth-order valence-electron chi connectivity index (χ4n) is 2.75. The first-order chi connectivity index (χ1) is 12.5. The average molecular weight is 368 g/mol. The van der Waals surface area contributed by atoms with Gasteiger partial charge in [-0.3, -0.25) is 9.59 Å². The van der Waals surface area contributed by atoms with Crippen LogP contribution in [0.3, 0.4) is 0 Å². The molecule has 2 aromatic carbocycles. The van der Waals surface area contributed by atoms with Crippen molar-refractivity contribution in [1.82, 2.24) is 9.78 Å². The molecule has 0 aliphatic carbocycles. The van der Waals surface area contributed by atoms with Gasteiger partial charge in [-0.25, -0.2) is 4.68 Å². The third kappa shape index (κ3) is 3.53. The summed E-state index contributed by atoms with van der Waals surface area (Å²) >= 11 is 6.04. The molecular weight excluding hydrogens is 350 g/mol. The Bertz CT molecular complexity index is 1010. The average Bonchev–Trinajstić information content (AvgIpc) is 2.65. The standard InChI is InChI=1S/C20H18ClN3O2/c1-3-24-20(26)18(22-16-11-7-10-15(21)12-16)17(13(2)23-24)19(25)14-8-5-4-6-9-14/h4-12,22H,3H2,1-2H3. The molecule has 0 aliphatic heterocycles. The largest absolute Gasteiger partial charge is 0.350 e. The topological polar surface area (TPSA) is 64.0 Å². The highest BCUT2D eigenvalue weighted by Gasteiger charge is 2.22. The molecule has 0 fully saturated rings. The minimum Gasteiger partial charge on any atom is -0.350 e. The van der Waals surface area contributed by atoms with Crippen molar-refractivity contribution in [3.05, 3.63) is 86.8 Å². The minimum absolute atomic E-state index is 0.204. The highest BCUT2D eigenvalue weighted by molar-refractivity contribution is 6.30. The summed E-state index contributed by atoms with van der Waals surface area (Å²) in [6.45, 7) is 3.96. The lowest BCUT2D eigenvalue weighted by atomic mass is 10.0. The Balaban J connectivity index is 2.18. The third-order valence-electron chi connectivity index (χ3n) is 3.99. The van der Waals surface area contributed by atoms with E-state index >= 15 is 0 Å². The molecule has 3 aromatic rings. The zero-order chi connectivity index (χ0) is 18.7. The summed E-state index contributed by atoms with van der Waals surface area (Å²) in [6.07, 6.45) is 0. The summed E-state index contributed by atoms with van der Waals surface area (Å²) in [5.74, 6) is -0.250. The number of ketones is 1. The van der Waals surface area contributed by atoms with E-state index in [0.29, 0.717) is 28.5 Å². The van der Waals surface area contributed by atoms with E-state index in [1.165, 1.54) is 4.68 Å². The van der Waals surface area contributed by atoms with Crippen LogP contribution >= 0.6 is 11.6 Å². The molecule has 0 saturated carbocycles. The molecule has 26 heavy (non-hydrogen) atoms. The van der Waals surface area contributed by atoms with Gasteiger partial charge in [0.2, 0.25) is 0 Å². The van der Waals surface area contributed by atoms with E-state index in [2.05, 4.69) is 10.4 Å². The number of hydrogen-bond acceptors (Lipinski definition) is 4. The lowest BCUT2D eigenvalue weighted by Crippen LogP contribution is -2.28. The van der Waals surface area contributed by atoms with E-state index in [4.69, 9.17) is 11.6 Å². The fraction of sp³-hybridized carbons (Fsp3) is 0.150. The highest BCUT2D eigenvalue weighted by Crippen LogP contribution is 2.24. The summed E-state index contributed by atoms with van der Waals surface area (Å²) in [4.78, 5) is 25.9. The molecule has 6 heteroatoms. The van der Waals surface area contributed by atoms with Crippen molar-refractivity contribution >= 4 is 28.8 Å². The van der Waals surface area contributed by atoms with Gasteiger partial charge in [0.15, 0.2) is 5.78 Å². The number of benzene rings is 2. The van der Waals surface area contributed by atoms with Gasteiger partial charge >= 0.3 is 0 Å². The van der Waals surface area contributed by atoms with Gasteiger partial charge in [0.05, 0.1) is 11.3 Å². The van der Waals surface area contributed by atoms with Gasteiger partial charge in [0.1, 0.15) is 5.69 Å². The van der Waals surface area contributed by atoms with Crippen LogP contribution in [0.4, 0.5) is 11.4 Å². The van der Waals surface area contributed by atoms with Gasteiger partial charge < -0.3 is 5.32 Å². The van der Waals surface area contributed by atoms with Crippen LogP contribution in [0.15, 0.2) is 59.4 Å². The molecule has 0 saturated heterocycles. The Labute approximate surface area is 156 Å². The lowest BCUT2D eigenvalue weighted by Gasteiger charge is -2.15. The van der Waals surface area contributed by atoms with Gasteiger partial charge in [0.25, 0.3) is 5.56 Å². The van der Waals surface area contributed by atoms with Crippen LogP contribution in [-0.2, 0) is 6.54 Å². The molecule has 0 amide bonds. The number of carbonyl (C=O) groups excluding carboxylic acids is 1. The van der Waals surface area contributed by atoms with E-state index < -0.39 is 0 Å². The lowest BCUT2D eigenvalue weighted by molar-refractivity contribution is 0.103. The van der Waals surface area contributed by atoms with E-state index in [1.54, 1.807) is 55.5 Å². The predicted molar refractivity (Wildman–Crippen MR) is 104 cm³/mol. The van der Waals surface area contributed by atoms with Crippen molar-refractivity contribution in [2.45, 2.75) is 20.4 Å². The number of hydrogen-bond donors (Lipinski definition) is 1. The second-order valence-corrected chi connectivity index (χ2v) is 6.22. The van der Waals surface area contributed by atoms with Gasteiger partial charge in [-0.15, -0.1) is 0 Å². The first kappa shape index (κ1) is 17.9. The third-order valence-corrected chi connectivity index (χ3v) is 4.22. The molecule has 3 rings (SSSR count). The molecule has 0 atom stereocenters. The molecule has 0 bridgehead atoms. The Morgan fingerprint density at radius 1 is 1.15 bits per heavy atom. The zero-order valence-electron chi connectivity index (χ0n) is 14.5. The fourth-order valence-corrected chi connectivity index (χ4v) is 2.94. The van der Waals surface area contributed by atoms with E-state index in [0.717, 1.165) is 0 Å². The maximum atomic E-state index is 13.0. The molecule has 1 aromatic heterocycles. The molecule has 0 spiro atoms. The maximum Gasteiger partial charge on any atom is 0.291 e. The van der Waals surface area contributed by atoms with Gasteiger partial charge in [0, 0.05) is 22.8 Å². The van der Waals surface area contributed by atoms with Crippen molar-refractivity contribution in [2.75, 3.05) is 5.32 Å². The second-order valence-electron chi connectivity index (χ2n) is 5.79. The molecular formula is C20H18ClN3O2.